The van der Waals surface area contributed by atoms with Gasteiger partial charge < -0.3 is 0 Å². The Morgan fingerprint density at radius 2 is 1.12 bits per heavy atom. The van der Waals surface area contributed by atoms with Crippen molar-refractivity contribution in [3.8, 4) is 0 Å². The lowest BCUT2D eigenvalue weighted by atomic mass is 10.1. The smallest absolute Gasteiger partial charge is 0.241 e. The van der Waals surface area contributed by atoms with Crippen molar-refractivity contribution in [1.82, 2.24) is 0 Å². The van der Waals surface area contributed by atoms with Crippen molar-refractivity contribution in [2.45, 2.75) is 19.3 Å². The second-order valence-corrected chi connectivity index (χ2v) is 7.13. The van der Waals surface area contributed by atoms with Crippen molar-refractivity contribution in [1.29, 1.82) is 0 Å². The van der Waals surface area contributed by atoms with Gasteiger partial charge in [0, 0.05) is 11.1 Å². The Hall–Kier alpha value is -2.49. The van der Waals surface area contributed by atoms with Crippen LogP contribution in [0.3, 0.4) is 0 Å². The molecule has 26 heavy (non-hydrogen) atoms. The van der Waals surface area contributed by atoms with Gasteiger partial charge in [0.1, 0.15) is 32.0 Å². The SMILES string of the molecule is Fc1ccc(C2[NH+](Cc3ccccc3)CC[NH+]2Cc2ccccc2)cc1. The van der Waals surface area contributed by atoms with E-state index in [2.05, 4.69) is 60.7 Å². The van der Waals surface area contributed by atoms with Gasteiger partial charge in [-0.2, -0.15) is 0 Å². The molecule has 0 spiro atoms. The Morgan fingerprint density at radius 1 is 0.654 bits per heavy atom. The molecule has 0 amide bonds. The lowest BCUT2D eigenvalue weighted by Crippen LogP contribution is -3.22. The molecule has 1 saturated heterocycles. The predicted molar refractivity (Wildman–Crippen MR) is 101 cm³/mol. The van der Waals surface area contributed by atoms with E-state index in [-0.39, 0.29) is 5.82 Å². The molecule has 2 nitrogen and oxygen atoms in total. The van der Waals surface area contributed by atoms with Crippen LogP contribution in [-0.2, 0) is 13.1 Å². The molecular formula is C23H25FN2+2. The normalized spacial score (nSPS) is 22.4. The Bertz CT molecular complexity index is 768. The van der Waals surface area contributed by atoms with E-state index in [1.807, 2.05) is 12.1 Å². The van der Waals surface area contributed by atoms with Crippen molar-refractivity contribution >= 4 is 0 Å². The van der Waals surface area contributed by atoms with Crippen molar-refractivity contribution in [3.63, 3.8) is 0 Å². The van der Waals surface area contributed by atoms with Crippen molar-refractivity contribution < 1.29 is 14.2 Å². The predicted octanol–water partition coefficient (Wildman–Crippen LogP) is 2.01. The Labute approximate surface area is 154 Å². The summed E-state index contributed by atoms with van der Waals surface area (Å²) in [6, 6.07) is 28.4. The van der Waals surface area contributed by atoms with Gasteiger partial charge in [-0.1, -0.05) is 60.7 Å². The minimum Gasteiger partial charge on any atom is -0.274 e. The van der Waals surface area contributed by atoms with Gasteiger partial charge in [0.05, 0.1) is 5.56 Å². The quantitative estimate of drug-likeness (QED) is 0.698. The van der Waals surface area contributed by atoms with Crippen molar-refractivity contribution in [3.05, 3.63) is 107 Å². The minimum atomic E-state index is -0.166. The topological polar surface area (TPSA) is 8.88 Å². The van der Waals surface area contributed by atoms with Gasteiger partial charge in [-0.25, -0.2) is 4.39 Å². The molecule has 0 aromatic heterocycles. The van der Waals surface area contributed by atoms with E-state index in [9.17, 15) is 4.39 Å². The van der Waals surface area contributed by atoms with Crippen LogP contribution in [0.1, 0.15) is 22.9 Å². The number of quaternary nitrogens is 2. The fourth-order valence-corrected chi connectivity index (χ4v) is 4.12. The summed E-state index contributed by atoms with van der Waals surface area (Å²) in [7, 11) is 0. The molecule has 1 aliphatic rings. The first-order valence-corrected chi connectivity index (χ1v) is 9.32. The third-order valence-electron chi connectivity index (χ3n) is 5.34. The fourth-order valence-electron chi connectivity index (χ4n) is 4.12. The van der Waals surface area contributed by atoms with Crippen LogP contribution in [0.25, 0.3) is 0 Å². The van der Waals surface area contributed by atoms with Gasteiger partial charge >= 0.3 is 0 Å². The number of rotatable bonds is 5. The van der Waals surface area contributed by atoms with Gasteiger partial charge in [-0.15, -0.1) is 0 Å². The monoisotopic (exact) mass is 348 g/mol. The number of hydrogen-bond donors (Lipinski definition) is 2. The van der Waals surface area contributed by atoms with E-state index < -0.39 is 0 Å². The van der Waals surface area contributed by atoms with Gasteiger partial charge in [-0.3, -0.25) is 9.80 Å². The van der Waals surface area contributed by atoms with E-state index in [4.69, 9.17) is 0 Å². The van der Waals surface area contributed by atoms with Crippen LogP contribution in [-0.4, -0.2) is 13.1 Å². The summed E-state index contributed by atoms with van der Waals surface area (Å²) in [6.45, 7) is 4.25. The Kier molecular flexibility index (Phi) is 5.09. The van der Waals surface area contributed by atoms with Gasteiger partial charge in [0.15, 0.2) is 0 Å². The van der Waals surface area contributed by atoms with Gasteiger partial charge in [0.25, 0.3) is 0 Å². The zero-order valence-electron chi connectivity index (χ0n) is 14.9. The second-order valence-electron chi connectivity index (χ2n) is 7.13. The number of benzene rings is 3. The molecule has 1 heterocycles. The first kappa shape index (κ1) is 17.0. The van der Waals surface area contributed by atoms with Crippen LogP contribution in [0.2, 0.25) is 0 Å². The summed E-state index contributed by atoms with van der Waals surface area (Å²) in [5.41, 5.74) is 3.94. The minimum absolute atomic E-state index is 0.166. The number of nitrogens with one attached hydrogen (secondary N) is 2. The summed E-state index contributed by atoms with van der Waals surface area (Å²) in [4.78, 5) is 3.10. The molecule has 0 saturated carbocycles. The molecule has 3 aromatic rings. The maximum Gasteiger partial charge on any atom is 0.241 e. The standard InChI is InChI=1S/C23H23FN2/c24-22-13-11-21(12-14-22)23-25(17-19-7-3-1-4-8-19)15-16-26(23)18-20-9-5-2-6-10-20/h1-14,23H,15-18H2/p+2. The molecule has 3 aromatic carbocycles. The summed E-state index contributed by atoms with van der Waals surface area (Å²) < 4.78 is 13.4. The molecule has 0 radical (unpaired) electrons. The van der Waals surface area contributed by atoms with Crippen molar-refractivity contribution in [2.24, 2.45) is 0 Å². The van der Waals surface area contributed by atoms with Crippen LogP contribution >= 0.6 is 0 Å². The number of halogens is 1. The maximum atomic E-state index is 13.4. The van der Waals surface area contributed by atoms with E-state index >= 15 is 0 Å². The first-order valence-electron chi connectivity index (χ1n) is 9.32. The molecule has 2 atom stereocenters. The maximum absolute atomic E-state index is 13.4. The van der Waals surface area contributed by atoms with Crippen LogP contribution in [0, 0.1) is 5.82 Å². The zero-order chi connectivity index (χ0) is 17.8. The fraction of sp³-hybridized carbons (Fsp3) is 0.217. The van der Waals surface area contributed by atoms with E-state index in [1.165, 1.54) is 16.7 Å². The summed E-state index contributed by atoms with van der Waals surface area (Å²) in [5.74, 6) is -0.166. The Morgan fingerprint density at radius 3 is 1.58 bits per heavy atom. The van der Waals surface area contributed by atoms with E-state index in [1.54, 1.807) is 21.9 Å². The van der Waals surface area contributed by atoms with E-state index in [0.29, 0.717) is 6.17 Å². The summed E-state index contributed by atoms with van der Waals surface area (Å²) >= 11 is 0. The average molecular weight is 348 g/mol. The molecule has 1 aliphatic heterocycles. The molecular weight excluding hydrogens is 323 g/mol. The molecule has 0 aliphatic carbocycles. The molecule has 4 rings (SSSR count). The Balaban J connectivity index is 1.60. The average Bonchev–Trinajstić information content (AvgIpc) is 3.06. The number of hydrogen-bond acceptors (Lipinski definition) is 0. The van der Waals surface area contributed by atoms with Crippen LogP contribution in [0.5, 0.6) is 0 Å². The lowest BCUT2D eigenvalue weighted by Gasteiger charge is -2.24. The third-order valence-corrected chi connectivity index (χ3v) is 5.34. The summed E-state index contributed by atoms with van der Waals surface area (Å²) in [6.07, 6.45) is 0.330. The molecule has 2 N–H and O–H groups in total. The highest BCUT2D eigenvalue weighted by molar-refractivity contribution is 5.18. The third kappa shape index (κ3) is 3.85. The lowest BCUT2D eigenvalue weighted by molar-refractivity contribution is -1.09. The molecule has 132 valence electrons. The van der Waals surface area contributed by atoms with E-state index in [0.717, 1.165) is 26.2 Å². The molecule has 1 fully saturated rings. The highest BCUT2D eigenvalue weighted by atomic mass is 19.1. The molecule has 3 heteroatoms. The highest BCUT2D eigenvalue weighted by Gasteiger charge is 2.40. The largest absolute Gasteiger partial charge is 0.274 e. The first-order chi connectivity index (χ1) is 12.8. The van der Waals surface area contributed by atoms with Crippen molar-refractivity contribution in [2.75, 3.05) is 13.1 Å². The van der Waals surface area contributed by atoms with Gasteiger partial charge in [-0.05, 0) is 24.3 Å². The van der Waals surface area contributed by atoms with Crippen LogP contribution in [0.4, 0.5) is 4.39 Å². The zero-order valence-corrected chi connectivity index (χ0v) is 14.9. The van der Waals surface area contributed by atoms with Gasteiger partial charge in [0.2, 0.25) is 6.17 Å². The molecule has 2 unspecified atom stereocenters. The molecule has 0 bridgehead atoms. The summed E-state index contributed by atoms with van der Waals surface area (Å²) in [5, 5.41) is 0. The second kappa shape index (κ2) is 7.81. The van der Waals surface area contributed by atoms with Crippen LogP contribution in [0.15, 0.2) is 84.9 Å². The highest BCUT2D eigenvalue weighted by Crippen LogP contribution is 2.10. The van der Waals surface area contributed by atoms with Crippen LogP contribution < -0.4 is 9.80 Å².